The highest BCUT2D eigenvalue weighted by Crippen LogP contribution is 2.26. The van der Waals surface area contributed by atoms with Crippen molar-refractivity contribution in [1.29, 1.82) is 0 Å². The Bertz CT molecular complexity index is 464. The fourth-order valence-electron chi connectivity index (χ4n) is 2.47. The van der Waals surface area contributed by atoms with Crippen LogP contribution in [0.4, 0.5) is 0 Å². The van der Waals surface area contributed by atoms with E-state index in [1.807, 2.05) is 30.3 Å². The van der Waals surface area contributed by atoms with Crippen LogP contribution in [0.1, 0.15) is 57.1 Å². The van der Waals surface area contributed by atoms with Crippen LogP contribution in [0.25, 0.3) is 0 Å². The van der Waals surface area contributed by atoms with Crippen LogP contribution >= 0.6 is 0 Å². The summed E-state index contributed by atoms with van der Waals surface area (Å²) in [7, 11) is -1.40. The maximum atomic E-state index is 10.7. The van der Waals surface area contributed by atoms with Crippen molar-refractivity contribution in [2.45, 2.75) is 71.2 Å². The molecule has 1 aromatic carbocycles. The third-order valence-corrected chi connectivity index (χ3v) is 4.67. The highest BCUT2D eigenvalue weighted by Gasteiger charge is 2.19. The SMILES string of the molecule is CCCCCCC[C@H](C#C[Si](C)(C)C)[C@@H](O)c1ccccc1. The van der Waals surface area contributed by atoms with Gasteiger partial charge in [0.15, 0.2) is 0 Å². The quantitative estimate of drug-likeness (QED) is 0.377. The Morgan fingerprint density at radius 3 is 2.23 bits per heavy atom. The van der Waals surface area contributed by atoms with E-state index in [2.05, 4.69) is 38.0 Å². The van der Waals surface area contributed by atoms with E-state index in [1.165, 1.54) is 25.7 Å². The molecule has 1 nitrogen and oxygen atoms in total. The first-order valence-electron chi connectivity index (χ1n) is 8.69. The van der Waals surface area contributed by atoms with Gasteiger partial charge in [0.1, 0.15) is 8.07 Å². The van der Waals surface area contributed by atoms with Crippen molar-refractivity contribution in [3.05, 3.63) is 35.9 Å². The summed E-state index contributed by atoms with van der Waals surface area (Å²) in [5.74, 6) is 3.48. The molecule has 22 heavy (non-hydrogen) atoms. The molecule has 0 fully saturated rings. The van der Waals surface area contributed by atoms with Gasteiger partial charge in [-0.15, -0.1) is 11.5 Å². The smallest absolute Gasteiger partial charge is 0.129 e. The third kappa shape index (κ3) is 7.82. The monoisotopic (exact) mass is 316 g/mol. The lowest BCUT2D eigenvalue weighted by atomic mass is 9.91. The number of hydrogen-bond acceptors (Lipinski definition) is 1. The molecule has 0 amide bonds. The Hall–Kier alpha value is -1.04. The molecule has 122 valence electrons. The van der Waals surface area contributed by atoms with Crippen LogP contribution in [0.3, 0.4) is 0 Å². The van der Waals surface area contributed by atoms with E-state index in [-0.39, 0.29) is 5.92 Å². The summed E-state index contributed by atoms with van der Waals surface area (Å²) in [6.45, 7) is 9.01. The number of aliphatic hydroxyl groups excluding tert-OH is 1. The molecule has 0 aliphatic rings. The van der Waals surface area contributed by atoms with Gasteiger partial charge in [-0.2, -0.15) is 0 Å². The summed E-state index contributed by atoms with van der Waals surface area (Å²) in [6.07, 6.45) is 6.83. The number of rotatable bonds is 8. The molecule has 0 radical (unpaired) electrons. The molecule has 1 N–H and O–H groups in total. The van der Waals surface area contributed by atoms with E-state index in [9.17, 15) is 5.11 Å². The largest absolute Gasteiger partial charge is 0.387 e. The second-order valence-corrected chi connectivity index (χ2v) is 11.9. The minimum absolute atomic E-state index is 0.0655. The van der Waals surface area contributed by atoms with Crippen molar-refractivity contribution in [3.8, 4) is 11.5 Å². The molecule has 1 aromatic rings. The van der Waals surface area contributed by atoms with Gasteiger partial charge in [-0.1, -0.05) is 89.0 Å². The summed E-state index contributed by atoms with van der Waals surface area (Å²) in [4.78, 5) is 0. The average Bonchev–Trinajstić information content (AvgIpc) is 2.49. The normalized spacial score (nSPS) is 14.0. The minimum Gasteiger partial charge on any atom is -0.387 e. The van der Waals surface area contributed by atoms with Gasteiger partial charge in [0.25, 0.3) is 0 Å². The molecular weight excluding hydrogens is 284 g/mol. The van der Waals surface area contributed by atoms with E-state index < -0.39 is 14.2 Å². The van der Waals surface area contributed by atoms with Crippen LogP contribution < -0.4 is 0 Å². The van der Waals surface area contributed by atoms with Crippen LogP contribution in [-0.2, 0) is 0 Å². The zero-order chi connectivity index (χ0) is 16.4. The molecule has 0 spiro atoms. The molecule has 2 atom stereocenters. The predicted molar refractivity (Wildman–Crippen MR) is 99.4 cm³/mol. The summed E-state index contributed by atoms with van der Waals surface area (Å²) < 4.78 is 0. The maximum absolute atomic E-state index is 10.7. The third-order valence-electron chi connectivity index (χ3n) is 3.77. The Kier molecular flexibility index (Phi) is 8.53. The highest BCUT2D eigenvalue weighted by atomic mass is 28.3. The first-order valence-corrected chi connectivity index (χ1v) is 12.2. The summed E-state index contributed by atoms with van der Waals surface area (Å²) in [5.41, 5.74) is 4.45. The van der Waals surface area contributed by atoms with Crippen molar-refractivity contribution < 1.29 is 5.11 Å². The second-order valence-electron chi connectivity index (χ2n) is 7.18. The van der Waals surface area contributed by atoms with Gasteiger partial charge in [-0.05, 0) is 12.0 Å². The van der Waals surface area contributed by atoms with Gasteiger partial charge in [-0.25, -0.2) is 0 Å². The average molecular weight is 317 g/mol. The van der Waals surface area contributed by atoms with Crippen molar-refractivity contribution in [1.82, 2.24) is 0 Å². The number of hydrogen-bond donors (Lipinski definition) is 1. The Labute approximate surface area is 138 Å². The first kappa shape index (κ1) is 19.0. The van der Waals surface area contributed by atoms with E-state index in [1.54, 1.807) is 0 Å². The van der Waals surface area contributed by atoms with E-state index in [4.69, 9.17) is 0 Å². The Morgan fingerprint density at radius 2 is 1.64 bits per heavy atom. The van der Waals surface area contributed by atoms with Gasteiger partial charge in [-0.3, -0.25) is 0 Å². The zero-order valence-corrected chi connectivity index (χ0v) is 15.7. The van der Waals surface area contributed by atoms with Gasteiger partial charge in [0.2, 0.25) is 0 Å². The molecular formula is C20H32OSi. The lowest BCUT2D eigenvalue weighted by Gasteiger charge is -2.19. The van der Waals surface area contributed by atoms with Crippen LogP contribution in [0, 0.1) is 17.4 Å². The van der Waals surface area contributed by atoms with Gasteiger partial charge >= 0.3 is 0 Å². The summed E-state index contributed by atoms with van der Waals surface area (Å²) in [5, 5.41) is 10.7. The lowest BCUT2D eigenvalue weighted by molar-refractivity contribution is 0.129. The molecule has 1 rings (SSSR count). The van der Waals surface area contributed by atoms with Crippen LogP contribution in [0.5, 0.6) is 0 Å². The van der Waals surface area contributed by atoms with Crippen LogP contribution in [0.2, 0.25) is 19.6 Å². The number of aliphatic hydroxyl groups is 1. The molecule has 0 aliphatic heterocycles. The zero-order valence-electron chi connectivity index (χ0n) is 14.7. The molecule has 0 aromatic heterocycles. The van der Waals surface area contributed by atoms with Crippen LogP contribution in [0.15, 0.2) is 30.3 Å². The van der Waals surface area contributed by atoms with Crippen molar-refractivity contribution >= 4 is 8.07 Å². The maximum Gasteiger partial charge on any atom is 0.129 e. The number of unbranched alkanes of at least 4 members (excludes halogenated alkanes) is 4. The highest BCUT2D eigenvalue weighted by molar-refractivity contribution is 6.83. The summed E-state index contributed by atoms with van der Waals surface area (Å²) in [6, 6.07) is 9.98. The van der Waals surface area contributed by atoms with E-state index in [0.29, 0.717) is 0 Å². The Balaban J connectivity index is 2.70. The van der Waals surface area contributed by atoms with E-state index in [0.717, 1.165) is 18.4 Å². The molecule has 2 heteroatoms. The van der Waals surface area contributed by atoms with Crippen molar-refractivity contribution in [2.75, 3.05) is 0 Å². The Morgan fingerprint density at radius 1 is 1.00 bits per heavy atom. The van der Waals surface area contributed by atoms with Gasteiger partial charge in [0.05, 0.1) is 6.10 Å². The lowest BCUT2D eigenvalue weighted by Crippen LogP contribution is -2.18. The topological polar surface area (TPSA) is 20.2 Å². The van der Waals surface area contributed by atoms with Crippen LogP contribution in [-0.4, -0.2) is 13.2 Å². The second kappa shape index (κ2) is 9.87. The molecule has 0 heterocycles. The summed E-state index contributed by atoms with van der Waals surface area (Å²) >= 11 is 0. The standard InChI is InChI=1S/C20H32OSi/c1-5-6-7-8-10-15-19(16-17-22(2,3)4)20(21)18-13-11-9-12-14-18/h9,11-14,19-21H,5-8,10,15H2,1-4H3/t19-,20+/m1/s1. The predicted octanol–water partition coefficient (Wildman–Crippen LogP) is 5.58. The van der Waals surface area contributed by atoms with Gasteiger partial charge in [0, 0.05) is 5.92 Å². The molecule has 0 aliphatic carbocycles. The number of benzene rings is 1. The van der Waals surface area contributed by atoms with Crippen molar-refractivity contribution in [2.24, 2.45) is 5.92 Å². The van der Waals surface area contributed by atoms with E-state index >= 15 is 0 Å². The molecule has 0 saturated carbocycles. The van der Waals surface area contributed by atoms with Gasteiger partial charge < -0.3 is 5.11 Å². The minimum atomic E-state index is -1.40. The first-order chi connectivity index (χ1) is 10.4. The molecule has 0 unspecified atom stereocenters. The van der Waals surface area contributed by atoms with Crippen molar-refractivity contribution in [3.63, 3.8) is 0 Å². The fourth-order valence-corrected chi connectivity index (χ4v) is 3.09. The molecule has 0 saturated heterocycles. The fraction of sp³-hybridized carbons (Fsp3) is 0.600. The molecule has 0 bridgehead atoms.